The van der Waals surface area contributed by atoms with Gasteiger partial charge in [0.05, 0.1) is 0 Å². The minimum absolute atomic E-state index is 0.0764. The second-order valence-corrected chi connectivity index (χ2v) is 5.23. The van der Waals surface area contributed by atoms with Crippen LogP contribution in [0.1, 0.15) is 38.5 Å². The van der Waals surface area contributed by atoms with Gasteiger partial charge in [-0.3, -0.25) is 0 Å². The molecule has 1 aliphatic heterocycles. The van der Waals surface area contributed by atoms with Crippen molar-refractivity contribution in [1.29, 1.82) is 0 Å². The van der Waals surface area contributed by atoms with E-state index >= 15 is 0 Å². The Kier molecular flexibility index (Phi) is 3.80. The summed E-state index contributed by atoms with van der Waals surface area (Å²) in [6, 6.07) is 0.973. The van der Waals surface area contributed by atoms with E-state index in [1.165, 1.54) is 0 Å². The Bertz CT molecular complexity index is 217. The van der Waals surface area contributed by atoms with Gasteiger partial charge in [-0.25, -0.2) is 8.78 Å². The maximum absolute atomic E-state index is 13.1. The molecule has 2 nitrogen and oxygen atoms in total. The van der Waals surface area contributed by atoms with Crippen molar-refractivity contribution < 1.29 is 8.78 Å². The Labute approximate surface area is 96.4 Å². The molecule has 0 aromatic rings. The van der Waals surface area contributed by atoms with Crippen molar-refractivity contribution in [2.75, 3.05) is 20.1 Å². The molecule has 0 atom stereocenters. The molecule has 1 N–H and O–H groups in total. The van der Waals surface area contributed by atoms with Crippen LogP contribution in [-0.4, -0.2) is 43.0 Å². The van der Waals surface area contributed by atoms with Gasteiger partial charge in [-0.2, -0.15) is 0 Å². The second-order valence-electron chi connectivity index (χ2n) is 5.23. The van der Waals surface area contributed by atoms with Crippen molar-refractivity contribution >= 4 is 0 Å². The standard InChI is InChI=1S/C12H22F2N2/c1-16(11-4-8-15-9-5-11)10-2-6-12(13,14)7-3-10/h10-11,15H,2-9H2,1H3. The lowest BCUT2D eigenvalue weighted by Crippen LogP contribution is -2.47. The third-order valence-corrected chi connectivity index (χ3v) is 4.15. The molecule has 0 spiro atoms. The summed E-state index contributed by atoms with van der Waals surface area (Å²) < 4.78 is 26.1. The summed E-state index contributed by atoms with van der Waals surface area (Å²) >= 11 is 0. The number of alkyl halides is 2. The molecule has 1 saturated heterocycles. The van der Waals surface area contributed by atoms with Crippen LogP contribution in [0.25, 0.3) is 0 Å². The molecule has 0 aromatic carbocycles. The van der Waals surface area contributed by atoms with Crippen LogP contribution >= 0.6 is 0 Å². The van der Waals surface area contributed by atoms with E-state index < -0.39 is 5.92 Å². The molecule has 0 unspecified atom stereocenters. The number of halogens is 2. The highest BCUT2D eigenvalue weighted by Gasteiger charge is 2.37. The minimum atomic E-state index is -2.40. The van der Waals surface area contributed by atoms with Gasteiger partial charge in [0.1, 0.15) is 0 Å². The maximum Gasteiger partial charge on any atom is 0.248 e. The van der Waals surface area contributed by atoms with Gasteiger partial charge < -0.3 is 10.2 Å². The third kappa shape index (κ3) is 2.92. The summed E-state index contributed by atoms with van der Waals surface area (Å²) in [6.45, 7) is 2.13. The summed E-state index contributed by atoms with van der Waals surface area (Å²) in [4.78, 5) is 2.36. The highest BCUT2D eigenvalue weighted by Crippen LogP contribution is 2.35. The Morgan fingerprint density at radius 3 is 2.06 bits per heavy atom. The SMILES string of the molecule is CN(C1CCNCC1)C1CCC(F)(F)CC1. The highest BCUT2D eigenvalue weighted by molar-refractivity contribution is 4.86. The lowest BCUT2D eigenvalue weighted by molar-refractivity contribution is -0.0563. The van der Waals surface area contributed by atoms with Crippen molar-refractivity contribution in [2.45, 2.75) is 56.5 Å². The molecule has 2 aliphatic rings. The van der Waals surface area contributed by atoms with Gasteiger partial charge in [0, 0.05) is 24.9 Å². The molecule has 94 valence electrons. The number of hydrogen-bond acceptors (Lipinski definition) is 2. The van der Waals surface area contributed by atoms with Gasteiger partial charge in [0.2, 0.25) is 5.92 Å². The Hall–Kier alpha value is -0.220. The van der Waals surface area contributed by atoms with Gasteiger partial charge in [0.15, 0.2) is 0 Å². The first-order valence-corrected chi connectivity index (χ1v) is 6.39. The van der Waals surface area contributed by atoms with E-state index in [0.29, 0.717) is 24.9 Å². The molecule has 0 amide bonds. The zero-order valence-corrected chi connectivity index (χ0v) is 10.0. The van der Waals surface area contributed by atoms with Crippen molar-refractivity contribution in [3.63, 3.8) is 0 Å². The Morgan fingerprint density at radius 1 is 1.00 bits per heavy atom. The molecule has 0 aromatic heterocycles. The zero-order chi connectivity index (χ0) is 11.6. The molecule has 2 fully saturated rings. The Balaban J connectivity index is 1.83. The molecule has 4 heteroatoms. The van der Waals surface area contributed by atoms with Crippen molar-refractivity contribution in [3.05, 3.63) is 0 Å². The number of piperidine rings is 1. The van der Waals surface area contributed by atoms with Crippen LogP contribution in [0.2, 0.25) is 0 Å². The summed E-state index contributed by atoms with van der Waals surface area (Å²) in [5.74, 6) is -2.40. The molecular formula is C12H22F2N2. The first-order valence-electron chi connectivity index (χ1n) is 6.39. The van der Waals surface area contributed by atoms with E-state index in [2.05, 4.69) is 17.3 Å². The van der Waals surface area contributed by atoms with Crippen LogP contribution in [0.4, 0.5) is 8.78 Å². The van der Waals surface area contributed by atoms with Crippen molar-refractivity contribution in [3.8, 4) is 0 Å². The molecule has 16 heavy (non-hydrogen) atoms. The summed E-state index contributed by atoms with van der Waals surface area (Å²) in [5, 5.41) is 3.34. The predicted molar refractivity (Wildman–Crippen MR) is 60.9 cm³/mol. The van der Waals surface area contributed by atoms with Crippen LogP contribution < -0.4 is 5.32 Å². The van der Waals surface area contributed by atoms with E-state index in [1.807, 2.05) is 0 Å². The topological polar surface area (TPSA) is 15.3 Å². The molecule has 1 heterocycles. The van der Waals surface area contributed by atoms with Gasteiger partial charge in [-0.15, -0.1) is 0 Å². The fourth-order valence-electron chi connectivity index (χ4n) is 2.94. The molecule has 1 saturated carbocycles. The van der Waals surface area contributed by atoms with Crippen LogP contribution in [0, 0.1) is 0 Å². The first kappa shape index (κ1) is 12.2. The molecule has 2 rings (SSSR count). The quantitative estimate of drug-likeness (QED) is 0.785. The normalized spacial score (nSPS) is 28.5. The highest BCUT2D eigenvalue weighted by atomic mass is 19.3. The molecule has 0 bridgehead atoms. The van der Waals surface area contributed by atoms with Gasteiger partial charge in [-0.05, 0) is 45.8 Å². The van der Waals surface area contributed by atoms with Crippen molar-refractivity contribution in [1.82, 2.24) is 10.2 Å². The van der Waals surface area contributed by atoms with Crippen LogP contribution in [-0.2, 0) is 0 Å². The van der Waals surface area contributed by atoms with Gasteiger partial charge >= 0.3 is 0 Å². The monoisotopic (exact) mass is 232 g/mol. The lowest BCUT2D eigenvalue weighted by atomic mass is 9.89. The average molecular weight is 232 g/mol. The first-order chi connectivity index (χ1) is 7.58. The average Bonchev–Trinajstić information content (AvgIpc) is 2.29. The fraction of sp³-hybridized carbons (Fsp3) is 1.00. The van der Waals surface area contributed by atoms with E-state index in [0.717, 1.165) is 25.9 Å². The van der Waals surface area contributed by atoms with E-state index in [4.69, 9.17) is 0 Å². The zero-order valence-electron chi connectivity index (χ0n) is 10.0. The van der Waals surface area contributed by atoms with Gasteiger partial charge in [0.25, 0.3) is 0 Å². The lowest BCUT2D eigenvalue weighted by Gasteiger charge is -2.40. The van der Waals surface area contributed by atoms with Crippen LogP contribution in [0.15, 0.2) is 0 Å². The molecule has 0 radical (unpaired) electrons. The van der Waals surface area contributed by atoms with Crippen molar-refractivity contribution in [2.24, 2.45) is 0 Å². The van der Waals surface area contributed by atoms with E-state index in [9.17, 15) is 8.78 Å². The summed E-state index contributed by atoms with van der Waals surface area (Å²) in [6.07, 6.45) is 3.79. The van der Waals surface area contributed by atoms with Crippen LogP contribution in [0.5, 0.6) is 0 Å². The summed E-state index contributed by atoms with van der Waals surface area (Å²) in [5.41, 5.74) is 0. The van der Waals surface area contributed by atoms with Crippen LogP contribution in [0.3, 0.4) is 0 Å². The molecular weight excluding hydrogens is 210 g/mol. The maximum atomic E-state index is 13.1. The number of nitrogens with zero attached hydrogens (tertiary/aromatic N) is 1. The summed E-state index contributed by atoms with van der Waals surface area (Å²) in [7, 11) is 2.12. The van der Waals surface area contributed by atoms with E-state index in [-0.39, 0.29) is 12.8 Å². The molecule has 1 aliphatic carbocycles. The van der Waals surface area contributed by atoms with E-state index in [1.54, 1.807) is 0 Å². The predicted octanol–water partition coefficient (Wildman–Crippen LogP) is 2.25. The fourth-order valence-corrected chi connectivity index (χ4v) is 2.94. The minimum Gasteiger partial charge on any atom is -0.317 e. The number of hydrogen-bond donors (Lipinski definition) is 1. The smallest absolute Gasteiger partial charge is 0.248 e. The second kappa shape index (κ2) is 4.96. The number of rotatable bonds is 2. The van der Waals surface area contributed by atoms with Gasteiger partial charge in [-0.1, -0.05) is 0 Å². The Morgan fingerprint density at radius 2 is 1.50 bits per heavy atom. The third-order valence-electron chi connectivity index (χ3n) is 4.15. The largest absolute Gasteiger partial charge is 0.317 e. The number of nitrogens with one attached hydrogen (secondary N) is 1.